The lowest BCUT2D eigenvalue weighted by Gasteiger charge is -2.23. The van der Waals surface area contributed by atoms with Gasteiger partial charge in [0.1, 0.15) is 11.3 Å². The maximum absolute atomic E-state index is 10.8. The van der Waals surface area contributed by atoms with Crippen molar-refractivity contribution in [3.63, 3.8) is 0 Å². The first-order valence-electron chi connectivity index (χ1n) is 10.2. The third-order valence-corrected chi connectivity index (χ3v) is 4.04. The molecule has 0 aliphatic carbocycles. The number of aliphatic carboxylic acids is 4. The molecule has 0 bridgehead atoms. The molecule has 0 spiro atoms. The number of para-hydroxylation sites is 1. The topological polar surface area (TPSA) is 202 Å². The van der Waals surface area contributed by atoms with Crippen molar-refractivity contribution >= 4 is 29.8 Å². The summed E-state index contributed by atoms with van der Waals surface area (Å²) in [5.41, 5.74) is 0.226. The molecule has 0 radical (unpaired) electrons. The van der Waals surface area contributed by atoms with Crippen LogP contribution >= 0.6 is 0 Å². The number of hydrogen-bond acceptors (Lipinski definition) is 8. The lowest BCUT2D eigenvalue weighted by molar-refractivity contribution is -0.145. The van der Waals surface area contributed by atoms with E-state index in [1.54, 1.807) is 24.3 Å². The normalized spacial score (nSPS) is 10.3. The number of hydrogen-bond donors (Lipinski definition) is 5. The van der Waals surface area contributed by atoms with Crippen molar-refractivity contribution in [1.82, 2.24) is 9.80 Å². The third-order valence-electron chi connectivity index (χ3n) is 4.04. The lowest BCUT2D eigenvalue weighted by Crippen LogP contribution is -2.43. The van der Waals surface area contributed by atoms with Crippen molar-refractivity contribution in [2.75, 3.05) is 45.9 Å². The van der Waals surface area contributed by atoms with Crippen LogP contribution < -0.4 is 4.74 Å². The summed E-state index contributed by atoms with van der Waals surface area (Å²) in [6, 6.07) is 6.69. The van der Waals surface area contributed by atoms with Crippen molar-refractivity contribution in [3.8, 4) is 5.75 Å². The molecule has 13 heteroatoms. The van der Waals surface area contributed by atoms with Crippen LogP contribution in [0.25, 0.3) is 0 Å². The van der Waals surface area contributed by atoms with Crippen LogP contribution in [0.3, 0.4) is 0 Å². The number of carbonyl (C=O) groups is 5. The van der Waals surface area contributed by atoms with Crippen LogP contribution in [0.5, 0.6) is 5.75 Å². The van der Waals surface area contributed by atoms with Crippen LogP contribution in [0, 0.1) is 0 Å². The van der Waals surface area contributed by atoms with E-state index in [1.165, 1.54) is 0 Å². The number of carboxylic acid groups (broad SMARTS) is 5. The molecule has 34 heavy (non-hydrogen) atoms. The van der Waals surface area contributed by atoms with E-state index in [2.05, 4.69) is 6.92 Å². The highest BCUT2D eigenvalue weighted by Crippen LogP contribution is 2.17. The highest BCUT2D eigenvalue weighted by Gasteiger charge is 2.18. The molecule has 1 aromatic rings. The summed E-state index contributed by atoms with van der Waals surface area (Å²) < 4.78 is 5.36. The van der Waals surface area contributed by atoms with Crippen LogP contribution in [-0.4, -0.2) is 111 Å². The van der Waals surface area contributed by atoms with E-state index in [9.17, 15) is 24.0 Å². The van der Waals surface area contributed by atoms with Crippen molar-refractivity contribution in [3.05, 3.63) is 29.8 Å². The summed E-state index contributed by atoms with van der Waals surface area (Å²) in [6.07, 6.45) is 1.98. The second-order valence-electron chi connectivity index (χ2n) is 7.00. The molecule has 0 heterocycles. The predicted octanol–water partition coefficient (Wildman–Crippen LogP) is 0.493. The van der Waals surface area contributed by atoms with Crippen molar-refractivity contribution < 1.29 is 54.2 Å². The van der Waals surface area contributed by atoms with Gasteiger partial charge in [-0.3, -0.25) is 29.0 Å². The first-order valence-corrected chi connectivity index (χ1v) is 10.2. The fourth-order valence-corrected chi connectivity index (χ4v) is 2.57. The second kappa shape index (κ2) is 16.9. The molecular formula is C21H30N2O11. The van der Waals surface area contributed by atoms with Crippen LogP contribution in [0.4, 0.5) is 0 Å². The summed E-state index contributed by atoms with van der Waals surface area (Å²) in [5, 5.41) is 43.3. The van der Waals surface area contributed by atoms with Gasteiger partial charge in [-0.05, 0) is 18.6 Å². The molecule has 0 aliphatic heterocycles. The van der Waals surface area contributed by atoms with E-state index in [0.29, 0.717) is 12.4 Å². The molecule has 13 nitrogen and oxygen atoms in total. The monoisotopic (exact) mass is 486 g/mol. The second-order valence-corrected chi connectivity index (χ2v) is 7.00. The molecular weight excluding hydrogens is 456 g/mol. The van der Waals surface area contributed by atoms with Crippen molar-refractivity contribution in [2.45, 2.75) is 19.8 Å². The van der Waals surface area contributed by atoms with Gasteiger partial charge in [0, 0.05) is 13.1 Å². The van der Waals surface area contributed by atoms with Crippen molar-refractivity contribution in [1.29, 1.82) is 0 Å². The fraction of sp³-hybridized carbons (Fsp3) is 0.476. The van der Waals surface area contributed by atoms with E-state index in [-0.39, 0.29) is 18.7 Å². The van der Waals surface area contributed by atoms with Gasteiger partial charge in [0.05, 0.1) is 32.8 Å². The molecule has 0 saturated heterocycles. The van der Waals surface area contributed by atoms with Gasteiger partial charge < -0.3 is 30.3 Å². The average molecular weight is 486 g/mol. The smallest absolute Gasteiger partial charge is 0.339 e. The van der Waals surface area contributed by atoms with Crippen molar-refractivity contribution in [2.24, 2.45) is 0 Å². The highest BCUT2D eigenvalue weighted by molar-refractivity contribution is 5.90. The summed E-state index contributed by atoms with van der Waals surface area (Å²) in [5.74, 6) is -5.40. The minimum atomic E-state index is -1.23. The molecule has 1 rings (SSSR count). The van der Waals surface area contributed by atoms with Gasteiger partial charge in [0.15, 0.2) is 0 Å². The fourth-order valence-electron chi connectivity index (χ4n) is 2.57. The number of rotatable bonds is 16. The minimum absolute atomic E-state index is 0.0703. The standard InChI is InChI=1S/C11H14O3.C10H16N2O8/c1-2-3-8-14-10-7-5-4-6-9(10)11(12)13;13-7(14)3-11(4-8(15)16)1-2-12(5-9(17)18)6-10(19)20/h4-7H,2-3,8H2,1H3,(H,12,13);1-6H2,(H,13,14)(H,15,16)(H,17,18)(H,19,20). The van der Waals surface area contributed by atoms with E-state index in [0.717, 1.165) is 22.6 Å². The Morgan fingerprint density at radius 3 is 1.50 bits per heavy atom. The van der Waals surface area contributed by atoms with Gasteiger partial charge in [-0.1, -0.05) is 25.5 Å². The van der Waals surface area contributed by atoms with Crippen LogP contribution in [-0.2, 0) is 19.2 Å². The predicted molar refractivity (Wildman–Crippen MR) is 117 cm³/mol. The summed E-state index contributed by atoms with van der Waals surface area (Å²) in [4.78, 5) is 55.1. The molecule has 0 unspecified atom stereocenters. The highest BCUT2D eigenvalue weighted by atomic mass is 16.5. The Kier molecular flexibility index (Phi) is 15.0. The Balaban J connectivity index is 0.000000679. The number of carboxylic acids is 5. The largest absolute Gasteiger partial charge is 0.493 e. The van der Waals surface area contributed by atoms with E-state index in [4.69, 9.17) is 30.3 Å². The van der Waals surface area contributed by atoms with Gasteiger partial charge in [0.25, 0.3) is 0 Å². The quantitative estimate of drug-likeness (QED) is 0.202. The zero-order chi connectivity index (χ0) is 26.1. The molecule has 1 aromatic carbocycles. The minimum Gasteiger partial charge on any atom is -0.493 e. The van der Waals surface area contributed by atoms with Gasteiger partial charge >= 0.3 is 29.8 Å². The van der Waals surface area contributed by atoms with Gasteiger partial charge in [0.2, 0.25) is 0 Å². The maximum Gasteiger partial charge on any atom is 0.339 e. The molecule has 0 atom stereocenters. The van der Waals surface area contributed by atoms with E-state index >= 15 is 0 Å². The van der Waals surface area contributed by atoms with Crippen LogP contribution in [0.1, 0.15) is 30.1 Å². The SMILES string of the molecule is CCCCOc1ccccc1C(=O)O.O=C(O)CN(CCN(CC(=O)O)CC(=O)O)CC(=O)O. The molecule has 0 saturated carbocycles. The zero-order valence-corrected chi connectivity index (χ0v) is 18.8. The number of nitrogens with zero attached hydrogens (tertiary/aromatic N) is 2. The molecule has 0 amide bonds. The van der Waals surface area contributed by atoms with Gasteiger partial charge in [-0.15, -0.1) is 0 Å². The van der Waals surface area contributed by atoms with Gasteiger partial charge in [-0.25, -0.2) is 4.79 Å². The van der Waals surface area contributed by atoms with Gasteiger partial charge in [-0.2, -0.15) is 0 Å². The Morgan fingerprint density at radius 2 is 1.15 bits per heavy atom. The maximum atomic E-state index is 10.8. The Hall–Kier alpha value is -3.71. The molecule has 0 aliphatic rings. The Labute approximate surface area is 195 Å². The average Bonchev–Trinajstić information content (AvgIpc) is 2.71. The molecule has 190 valence electrons. The zero-order valence-electron chi connectivity index (χ0n) is 18.8. The van der Waals surface area contributed by atoms with E-state index < -0.39 is 56.0 Å². The van der Waals surface area contributed by atoms with Crippen LogP contribution in [0.15, 0.2) is 24.3 Å². The summed E-state index contributed by atoms with van der Waals surface area (Å²) in [6.45, 7) is 0.382. The molecule has 5 N–H and O–H groups in total. The van der Waals surface area contributed by atoms with E-state index in [1.807, 2.05) is 0 Å². The number of ether oxygens (including phenoxy) is 1. The number of unbranched alkanes of at least 4 members (excludes halogenated alkanes) is 1. The van der Waals surface area contributed by atoms with Crippen LogP contribution in [0.2, 0.25) is 0 Å². The third kappa shape index (κ3) is 15.2. The number of aromatic carboxylic acids is 1. The first kappa shape index (κ1) is 30.3. The molecule has 0 fully saturated rings. The first-order chi connectivity index (χ1) is 16.0. The Bertz CT molecular complexity index is 761. The summed E-state index contributed by atoms with van der Waals surface area (Å²) >= 11 is 0. The molecule has 0 aromatic heterocycles. The Morgan fingerprint density at radius 1 is 0.735 bits per heavy atom. The lowest BCUT2D eigenvalue weighted by atomic mass is 10.2. The summed E-state index contributed by atoms with van der Waals surface area (Å²) in [7, 11) is 0. The number of benzene rings is 1.